The molecule has 10 heteroatoms. The molecule has 0 bridgehead atoms. The Labute approximate surface area is 257 Å². The number of aliphatic hydroxyl groups is 1. The van der Waals surface area contributed by atoms with Gasteiger partial charge < -0.3 is 29.1 Å². The first-order valence-corrected chi connectivity index (χ1v) is 15.0. The molecule has 2 aliphatic heterocycles. The summed E-state index contributed by atoms with van der Waals surface area (Å²) in [5, 5.41) is 19.8. The lowest BCUT2D eigenvalue weighted by Gasteiger charge is -2.24. The van der Waals surface area contributed by atoms with Crippen LogP contribution < -0.4 is 0 Å². The number of aliphatic carboxylic acids is 1. The average molecular weight is 616 g/mol. The lowest BCUT2D eigenvalue weighted by atomic mass is 10.1. The van der Waals surface area contributed by atoms with Crippen molar-refractivity contribution in [2.45, 2.75) is 58.8 Å². The van der Waals surface area contributed by atoms with Crippen molar-refractivity contribution < 1.29 is 19.8 Å². The Morgan fingerprint density at radius 1 is 0.762 bits per heavy atom. The molecule has 2 N–H and O–H groups in total. The van der Waals surface area contributed by atoms with E-state index in [-0.39, 0.29) is 12.2 Å². The molecular formula is C32H40Cl2N4O4. The van der Waals surface area contributed by atoms with Gasteiger partial charge in [-0.3, -0.25) is 9.59 Å². The predicted octanol–water partition coefficient (Wildman–Crippen LogP) is 5.63. The summed E-state index contributed by atoms with van der Waals surface area (Å²) in [6.45, 7) is 6.87. The number of ketones is 1. The second-order valence-electron chi connectivity index (χ2n) is 11.0. The third-order valence-electron chi connectivity index (χ3n) is 8.05. The summed E-state index contributed by atoms with van der Waals surface area (Å²) in [6.07, 6.45) is 2.73. The lowest BCUT2D eigenvalue weighted by Crippen LogP contribution is -2.27. The zero-order valence-electron chi connectivity index (χ0n) is 24.8. The van der Waals surface area contributed by atoms with Crippen LogP contribution in [0.25, 0.3) is 21.8 Å². The van der Waals surface area contributed by atoms with Gasteiger partial charge in [0.05, 0.1) is 6.42 Å². The third-order valence-corrected chi connectivity index (χ3v) is 8.52. The van der Waals surface area contributed by atoms with Crippen molar-refractivity contribution in [1.82, 2.24) is 18.9 Å². The van der Waals surface area contributed by atoms with Gasteiger partial charge in [-0.15, -0.1) is 0 Å². The maximum absolute atomic E-state index is 11.3. The van der Waals surface area contributed by atoms with Gasteiger partial charge in [-0.25, -0.2) is 0 Å². The van der Waals surface area contributed by atoms with E-state index in [4.69, 9.17) is 33.4 Å². The fraction of sp³-hybridized carbons (Fsp3) is 0.438. The Balaban J connectivity index is 0.000000182. The number of aliphatic hydroxyl groups excluding tert-OH is 1. The Kier molecular flexibility index (Phi) is 10.7. The van der Waals surface area contributed by atoms with Gasteiger partial charge in [0.1, 0.15) is 5.78 Å². The molecule has 0 saturated heterocycles. The van der Waals surface area contributed by atoms with E-state index in [1.54, 1.807) is 6.92 Å². The number of hydrogen-bond acceptors (Lipinski definition) is 5. The summed E-state index contributed by atoms with van der Waals surface area (Å²) in [5.74, 6) is -0.523. The number of fused-ring (bicyclic) bond motifs is 6. The van der Waals surface area contributed by atoms with Crippen molar-refractivity contribution in [2.24, 2.45) is 0 Å². The number of likely N-dealkylation sites (N-methyl/N-ethyl adjacent to an activating group) is 2. The van der Waals surface area contributed by atoms with E-state index in [0.717, 1.165) is 73.6 Å². The van der Waals surface area contributed by atoms with Crippen LogP contribution in [0.15, 0.2) is 36.4 Å². The standard InChI is InChI=1S/C16H19ClN2O.C15H17ClN2O2.CH4O/c1-11(20)5-8-19-15-4-3-12(17)9-13(15)14-10-18(2)7-6-16(14)19;1-17-6-4-14-12(9-17)11-8-10(16)2-3-13(11)18(14)7-5-15(19)20;1-2/h3-4,9H,5-8,10H2,1-2H3;2-3,8H,4-7,9H2,1H3,(H,19,20);2H,1H3. The van der Waals surface area contributed by atoms with Crippen LogP contribution in [0.1, 0.15) is 42.3 Å². The number of halogens is 2. The lowest BCUT2D eigenvalue weighted by molar-refractivity contribution is -0.137. The van der Waals surface area contributed by atoms with Gasteiger partial charge in [-0.2, -0.15) is 0 Å². The molecular weight excluding hydrogens is 575 g/mol. The number of aryl methyl sites for hydroxylation is 2. The van der Waals surface area contributed by atoms with Crippen LogP contribution in [-0.4, -0.2) is 75.2 Å². The highest BCUT2D eigenvalue weighted by Gasteiger charge is 2.24. The van der Waals surface area contributed by atoms with Gasteiger partial charge in [0.25, 0.3) is 0 Å². The maximum atomic E-state index is 11.3. The summed E-state index contributed by atoms with van der Waals surface area (Å²) in [5.41, 5.74) is 7.61. The summed E-state index contributed by atoms with van der Waals surface area (Å²) in [6, 6.07) is 11.9. The van der Waals surface area contributed by atoms with Gasteiger partial charge in [-0.05, 0) is 68.5 Å². The van der Waals surface area contributed by atoms with Crippen LogP contribution in [0.3, 0.4) is 0 Å². The number of carboxylic acid groups (broad SMARTS) is 1. The van der Waals surface area contributed by atoms with Crippen molar-refractivity contribution in [1.29, 1.82) is 0 Å². The number of rotatable bonds is 6. The smallest absolute Gasteiger partial charge is 0.305 e. The van der Waals surface area contributed by atoms with E-state index >= 15 is 0 Å². The topological polar surface area (TPSA) is 90.9 Å². The van der Waals surface area contributed by atoms with E-state index in [1.165, 1.54) is 33.4 Å². The Hall–Kier alpha value is -2.88. The molecule has 4 heterocycles. The van der Waals surface area contributed by atoms with Crippen LogP contribution in [0.5, 0.6) is 0 Å². The molecule has 0 unspecified atom stereocenters. The predicted molar refractivity (Wildman–Crippen MR) is 170 cm³/mol. The van der Waals surface area contributed by atoms with E-state index in [0.29, 0.717) is 13.0 Å². The van der Waals surface area contributed by atoms with Crippen molar-refractivity contribution in [3.05, 3.63) is 69.0 Å². The summed E-state index contributed by atoms with van der Waals surface area (Å²) >= 11 is 12.3. The first kappa shape index (κ1) is 32.0. The van der Waals surface area contributed by atoms with Crippen molar-refractivity contribution in [3.63, 3.8) is 0 Å². The van der Waals surface area contributed by atoms with Crippen molar-refractivity contribution >= 4 is 56.8 Å². The van der Waals surface area contributed by atoms with E-state index in [9.17, 15) is 9.59 Å². The maximum Gasteiger partial charge on any atom is 0.305 e. The van der Waals surface area contributed by atoms with Crippen LogP contribution in [0.2, 0.25) is 10.0 Å². The molecule has 0 saturated carbocycles. The van der Waals surface area contributed by atoms with Crippen LogP contribution >= 0.6 is 23.2 Å². The fourth-order valence-electron chi connectivity index (χ4n) is 6.10. The second kappa shape index (κ2) is 14.1. The number of carboxylic acids is 1. The van der Waals surface area contributed by atoms with Crippen LogP contribution in [0.4, 0.5) is 0 Å². The van der Waals surface area contributed by atoms with Gasteiger partial charge in [0.2, 0.25) is 0 Å². The number of carbonyl (C=O) groups excluding carboxylic acids is 1. The number of Topliss-reactive ketones (excluding diaryl/α,β-unsaturated/α-hetero) is 1. The monoisotopic (exact) mass is 614 g/mol. The molecule has 4 aromatic rings. The molecule has 0 amide bonds. The Morgan fingerprint density at radius 2 is 1.19 bits per heavy atom. The molecule has 226 valence electrons. The average Bonchev–Trinajstić information content (AvgIpc) is 3.42. The molecule has 2 aromatic carbocycles. The SMILES string of the molecule is CC(=O)CCn1c2c(c3cc(Cl)ccc31)CN(C)CC2.CN1CCc2c(c3cc(Cl)ccc3n2CCC(=O)O)C1.CO. The zero-order valence-corrected chi connectivity index (χ0v) is 26.3. The number of hydrogen-bond donors (Lipinski definition) is 2. The molecule has 42 heavy (non-hydrogen) atoms. The molecule has 0 spiro atoms. The number of aromatic nitrogens is 2. The van der Waals surface area contributed by atoms with Gasteiger partial charge in [0, 0.05) is 109 Å². The van der Waals surface area contributed by atoms with E-state index < -0.39 is 5.97 Å². The summed E-state index contributed by atoms with van der Waals surface area (Å²) in [7, 11) is 5.25. The number of nitrogens with zero attached hydrogens (tertiary/aromatic N) is 4. The molecule has 2 aliphatic rings. The molecule has 0 fully saturated rings. The first-order chi connectivity index (χ1) is 20.1. The van der Waals surface area contributed by atoms with E-state index in [2.05, 4.69) is 45.2 Å². The number of benzene rings is 2. The summed E-state index contributed by atoms with van der Waals surface area (Å²) < 4.78 is 4.47. The van der Waals surface area contributed by atoms with Crippen LogP contribution in [0, 0.1) is 0 Å². The Bertz CT molecular complexity index is 1470. The van der Waals surface area contributed by atoms with Gasteiger partial charge >= 0.3 is 5.97 Å². The van der Waals surface area contributed by atoms with Crippen LogP contribution in [-0.2, 0) is 48.6 Å². The number of carbonyl (C=O) groups is 2. The third kappa shape index (κ3) is 7.01. The molecule has 8 nitrogen and oxygen atoms in total. The highest BCUT2D eigenvalue weighted by molar-refractivity contribution is 6.31. The molecule has 0 atom stereocenters. The quantitative estimate of drug-likeness (QED) is 0.293. The molecule has 0 radical (unpaired) electrons. The second-order valence-corrected chi connectivity index (χ2v) is 11.9. The highest BCUT2D eigenvalue weighted by atomic mass is 35.5. The highest BCUT2D eigenvalue weighted by Crippen LogP contribution is 2.34. The molecule has 6 rings (SSSR count). The van der Waals surface area contributed by atoms with Crippen molar-refractivity contribution in [2.75, 3.05) is 34.3 Å². The minimum absolute atomic E-state index is 0.148. The van der Waals surface area contributed by atoms with E-state index in [1.807, 2.05) is 24.3 Å². The summed E-state index contributed by atoms with van der Waals surface area (Å²) in [4.78, 5) is 26.8. The van der Waals surface area contributed by atoms with Crippen molar-refractivity contribution in [3.8, 4) is 0 Å². The minimum Gasteiger partial charge on any atom is -0.481 e. The first-order valence-electron chi connectivity index (χ1n) is 14.2. The Morgan fingerprint density at radius 3 is 1.60 bits per heavy atom. The molecule has 2 aromatic heterocycles. The zero-order chi connectivity index (χ0) is 30.6. The van der Waals surface area contributed by atoms with Gasteiger partial charge in [-0.1, -0.05) is 23.2 Å². The largest absolute Gasteiger partial charge is 0.481 e. The normalized spacial score (nSPS) is 14.9. The molecule has 0 aliphatic carbocycles. The fourth-order valence-corrected chi connectivity index (χ4v) is 6.45. The van der Waals surface area contributed by atoms with Gasteiger partial charge in [0.15, 0.2) is 0 Å². The minimum atomic E-state index is -0.762.